The van der Waals surface area contributed by atoms with Crippen molar-refractivity contribution in [2.24, 2.45) is 0 Å². The molecule has 6 nitrogen and oxygen atoms in total. The molecule has 0 fully saturated rings. The molecular weight excluding hydrogens is 302 g/mol. The van der Waals surface area contributed by atoms with Crippen LogP contribution in [-0.4, -0.2) is 15.9 Å². The number of nitrogens with zero attached hydrogens (tertiary/aromatic N) is 2. The number of hydrogen-bond acceptors (Lipinski definition) is 2. The number of carbonyl (C=O) groups is 1. The van der Waals surface area contributed by atoms with Crippen LogP contribution in [0.15, 0.2) is 73.3 Å². The summed E-state index contributed by atoms with van der Waals surface area (Å²) in [4.78, 5) is 23.1. The fraction of sp³-hybridized carbons (Fsp3) is 0. The van der Waals surface area contributed by atoms with Gasteiger partial charge in [-0.05, 0) is 30.3 Å². The molecule has 0 atom stereocenters. The van der Waals surface area contributed by atoms with E-state index >= 15 is 0 Å². The zero-order valence-electron chi connectivity index (χ0n) is 12.7. The molecule has 0 aliphatic heterocycles. The first-order chi connectivity index (χ1) is 11.8. The Balaban J connectivity index is 1.80. The lowest BCUT2D eigenvalue weighted by molar-refractivity contribution is -0.499. The normalized spacial score (nSPS) is 10.7. The molecule has 4 aromatic heterocycles. The maximum Gasteiger partial charge on any atom is 0.301 e. The smallest absolute Gasteiger partial charge is 0.301 e. The number of fused-ring (bicyclic) bond motifs is 1. The number of imidazole rings is 1. The van der Waals surface area contributed by atoms with E-state index in [9.17, 15) is 4.79 Å². The Bertz CT molecular complexity index is 996. The van der Waals surface area contributed by atoms with Gasteiger partial charge in [-0.15, -0.1) is 0 Å². The molecule has 1 amide bonds. The molecule has 6 heteroatoms. The summed E-state index contributed by atoms with van der Waals surface area (Å²) >= 11 is 0. The molecule has 3 N–H and O–H groups in total. The number of amides is 1. The molecule has 0 saturated carbocycles. The molecule has 0 saturated heterocycles. The van der Waals surface area contributed by atoms with E-state index < -0.39 is 0 Å². The second kappa shape index (κ2) is 5.92. The maximum absolute atomic E-state index is 12.7. The van der Waals surface area contributed by atoms with Crippen LogP contribution in [-0.2, 0) is 0 Å². The highest BCUT2D eigenvalue weighted by molar-refractivity contribution is 6.06. The molecule has 24 heavy (non-hydrogen) atoms. The second-order valence-corrected chi connectivity index (χ2v) is 5.27. The molecule has 4 aromatic rings. The third-order valence-corrected chi connectivity index (χ3v) is 3.71. The van der Waals surface area contributed by atoms with Gasteiger partial charge in [0.2, 0.25) is 5.69 Å². The van der Waals surface area contributed by atoms with Crippen LogP contribution in [0.5, 0.6) is 0 Å². The van der Waals surface area contributed by atoms with Crippen LogP contribution in [0.2, 0.25) is 0 Å². The molecule has 0 aromatic carbocycles. The maximum atomic E-state index is 12.7. The molecule has 0 spiro atoms. The minimum absolute atomic E-state index is 0.233. The Morgan fingerprint density at radius 1 is 1.12 bits per heavy atom. The van der Waals surface area contributed by atoms with Crippen LogP contribution < -0.4 is 14.7 Å². The van der Waals surface area contributed by atoms with E-state index in [0.29, 0.717) is 11.5 Å². The Kier molecular flexibility index (Phi) is 3.47. The molecule has 0 unspecified atom stereocenters. The zero-order valence-corrected chi connectivity index (χ0v) is 12.7. The van der Waals surface area contributed by atoms with E-state index in [1.807, 2.05) is 59.4 Å². The van der Waals surface area contributed by atoms with Crippen LogP contribution in [0.4, 0.5) is 5.82 Å². The third kappa shape index (κ3) is 2.50. The van der Waals surface area contributed by atoms with Crippen LogP contribution in [0.25, 0.3) is 16.9 Å². The summed E-state index contributed by atoms with van der Waals surface area (Å²) in [6.07, 6.45) is 7.29. The molecule has 4 rings (SSSR count). The number of carbonyl (C=O) groups excluding carboxylic acids is 1. The van der Waals surface area contributed by atoms with Crippen molar-refractivity contribution in [2.45, 2.75) is 0 Å². The highest BCUT2D eigenvalue weighted by Gasteiger charge is 2.25. The average Bonchev–Trinajstić information content (AvgIpc) is 3.03. The zero-order chi connectivity index (χ0) is 16.4. The van der Waals surface area contributed by atoms with Gasteiger partial charge in [-0.1, -0.05) is 12.1 Å². The highest BCUT2D eigenvalue weighted by atomic mass is 16.2. The fourth-order valence-electron chi connectivity index (χ4n) is 2.62. The van der Waals surface area contributed by atoms with Gasteiger partial charge >= 0.3 is 5.91 Å². The van der Waals surface area contributed by atoms with E-state index in [1.165, 1.54) is 0 Å². The third-order valence-electron chi connectivity index (χ3n) is 3.71. The minimum atomic E-state index is -0.233. The van der Waals surface area contributed by atoms with Crippen molar-refractivity contribution in [3.63, 3.8) is 0 Å². The van der Waals surface area contributed by atoms with Crippen molar-refractivity contribution >= 4 is 17.2 Å². The lowest BCUT2D eigenvalue weighted by atomic mass is 10.3. The molecule has 0 radical (unpaired) electrons. The summed E-state index contributed by atoms with van der Waals surface area (Å²) in [5, 5.41) is 2.81. The van der Waals surface area contributed by atoms with Crippen LogP contribution in [0, 0.1) is 0 Å². The van der Waals surface area contributed by atoms with Crippen molar-refractivity contribution in [1.29, 1.82) is 0 Å². The second-order valence-electron chi connectivity index (χ2n) is 5.27. The van der Waals surface area contributed by atoms with Gasteiger partial charge in [-0.2, -0.15) is 4.40 Å². The minimum Gasteiger partial charge on any atom is -0.303 e. The Morgan fingerprint density at radius 3 is 2.83 bits per heavy atom. The lowest BCUT2D eigenvalue weighted by Crippen LogP contribution is -2.22. The number of anilines is 1. The average molecular weight is 317 g/mol. The van der Waals surface area contributed by atoms with Gasteiger partial charge in [0.25, 0.3) is 5.82 Å². The largest absolute Gasteiger partial charge is 0.303 e. The van der Waals surface area contributed by atoms with E-state index in [-0.39, 0.29) is 5.91 Å². The van der Waals surface area contributed by atoms with E-state index in [2.05, 4.69) is 20.3 Å². The molecule has 116 valence electrons. The molecule has 0 bridgehead atoms. The van der Waals surface area contributed by atoms with E-state index in [4.69, 9.17) is 0 Å². The number of hydrogen-bond donors (Lipinski definition) is 2. The van der Waals surface area contributed by atoms with Gasteiger partial charge in [0.15, 0.2) is 17.9 Å². The fourth-order valence-corrected chi connectivity index (χ4v) is 2.62. The number of nitrogens with one attached hydrogen (secondary N) is 3. The first kappa shape index (κ1) is 14.1. The first-order valence-electron chi connectivity index (χ1n) is 7.54. The summed E-state index contributed by atoms with van der Waals surface area (Å²) in [5.41, 5.74) is 2.24. The lowest BCUT2D eigenvalue weighted by Gasteiger charge is -1.99. The van der Waals surface area contributed by atoms with Gasteiger partial charge in [0.05, 0.1) is 6.20 Å². The number of aromatic nitrogens is 4. The topological polar surface area (TPSA) is 76.0 Å². The van der Waals surface area contributed by atoms with Crippen LogP contribution in [0.3, 0.4) is 0 Å². The molecular formula is C18H15N5O+2. The van der Waals surface area contributed by atoms with Crippen molar-refractivity contribution in [3.8, 4) is 11.4 Å². The van der Waals surface area contributed by atoms with Gasteiger partial charge in [-0.25, -0.2) is 15.0 Å². The predicted octanol–water partition coefficient (Wildman–Crippen LogP) is 1.88. The number of rotatable bonds is 3. The number of pyridine rings is 3. The van der Waals surface area contributed by atoms with Crippen LogP contribution in [0.1, 0.15) is 10.5 Å². The predicted molar refractivity (Wildman–Crippen MR) is 88.1 cm³/mol. The Hall–Kier alpha value is -3.54. The standard InChI is InChI=1S/C18H13N5O/c24-18(21-15-8-1-3-10-20-15)16-14-7-2-4-11-23(14)17(22-16)13-6-5-9-19-12-13/h1-12H,(H,20,21,24)/p+2. The monoisotopic (exact) mass is 317 g/mol. The highest BCUT2D eigenvalue weighted by Crippen LogP contribution is 2.16. The number of aromatic amines is 2. The Labute approximate surface area is 137 Å². The van der Waals surface area contributed by atoms with Gasteiger partial charge in [0.1, 0.15) is 11.4 Å². The summed E-state index contributed by atoms with van der Waals surface area (Å²) in [6, 6.07) is 15.0. The Morgan fingerprint density at radius 2 is 2.04 bits per heavy atom. The van der Waals surface area contributed by atoms with Crippen molar-refractivity contribution in [3.05, 3.63) is 79.0 Å². The van der Waals surface area contributed by atoms with Gasteiger partial charge in [0, 0.05) is 12.3 Å². The molecule has 4 heterocycles. The summed E-state index contributed by atoms with van der Waals surface area (Å²) in [7, 11) is 0. The van der Waals surface area contributed by atoms with Crippen molar-refractivity contribution in [2.75, 3.05) is 5.32 Å². The van der Waals surface area contributed by atoms with E-state index in [0.717, 1.165) is 16.9 Å². The SMILES string of the molecule is O=C(Nc1ccccn1)c1[nH]c(-c2ccc[nH+]c2)[n+]2ccccc12. The first-order valence-corrected chi connectivity index (χ1v) is 7.54. The quantitative estimate of drug-likeness (QED) is 0.566. The molecule has 0 aliphatic carbocycles. The number of H-pyrrole nitrogens is 2. The summed E-state index contributed by atoms with van der Waals surface area (Å²) < 4.78 is 1.95. The van der Waals surface area contributed by atoms with Crippen LogP contribution >= 0.6 is 0 Å². The van der Waals surface area contributed by atoms with Gasteiger partial charge < -0.3 is 5.32 Å². The van der Waals surface area contributed by atoms with Crippen molar-refractivity contribution < 1.29 is 14.2 Å². The molecule has 0 aliphatic rings. The summed E-state index contributed by atoms with van der Waals surface area (Å²) in [5.74, 6) is 1.11. The van der Waals surface area contributed by atoms with E-state index in [1.54, 1.807) is 18.3 Å². The summed E-state index contributed by atoms with van der Waals surface area (Å²) in [6.45, 7) is 0. The van der Waals surface area contributed by atoms with Crippen molar-refractivity contribution in [1.82, 2.24) is 9.97 Å². The van der Waals surface area contributed by atoms with Gasteiger partial charge in [-0.3, -0.25) is 4.79 Å².